The molecule has 1 aliphatic heterocycles. The number of aliphatic hydroxyl groups excluding tert-OH is 4. The van der Waals surface area contributed by atoms with Crippen LogP contribution in [0, 0.1) is 17.8 Å². The molecule has 37 heavy (non-hydrogen) atoms. The van der Waals surface area contributed by atoms with Gasteiger partial charge in [-0.1, -0.05) is 56.2 Å². The maximum atomic E-state index is 12.1. The van der Waals surface area contributed by atoms with Gasteiger partial charge in [0.15, 0.2) is 6.29 Å². The van der Waals surface area contributed by atoms with Crippen LogP contribution < -0.4 is 11.1 Å². The van der Waals surface area contributed by atoms with Gasteiger partial charge in [-0.15, -0.1) is 0 Å². The maximum absolute atomic E-state index is 12.1. The van der Waals surface area contributed by atoms with E-state index in [0.717, 1.165) is 6.42 Å². The van der Waals surface area contributed by atoms with Gasteiger partial charge in [0, 0.05) is 13.0 Å². The molecule has 7 unspecified atom stereocenters. The monoisotopic (exact) mass is 522 g/mol. The Morgan fingerprint density at radius 1 is 1.05 bits per heavy atom. The van der Waals surface area contributed by atoms with E-state index in [2.05, 4.69) is 30.5 Å². The van der Waals surface area contributed by atoms with Crippen LogP contribution in [0.4, 0.5) is 0 Å². The average molecular weight is 523 g/mol. The van der Waals surface area contributed by atoms with E-state index in [1.54, 1.807) is 0 Å². The number of amides is 2. The number of aliphatic hydroxyl groups is 4. The number of carbonyl (C=O) groups excluding carboxylic acids is 2. The van der Waals surface area contributed by atoms with Crippen LogP contribution in [-0.2, 0) is 14.3 Å². The summed E-state index contributed by atoms with van der Waals surface area (Å²) in [6, 6.07) is 0. The second-order valence-corrected chi connectivity index (χ2v) is 10.2. The Morgan fingerprint density at radius 3 is 2.51 bits per heavy atom. The summed E-state index contributed by atoms with van der Waals surface area (Å²) in [5.41, 5.74) is 5.10. The Bertz CT molecular complexity index is 784. The number of unbranched alkanes of at least 4 members (excludes halogenated alkanes) is 4. The first-order valence-electron chi connectivity index (χ1n) is 13.7. The number of nitrogens with one attached hydrogen (secondary N) is 1. The molecular weight excluding hydrogens is 476 g/mol. The molecule has 2 aliphatic rings. The van der Waals surface area contributed by atoms with E-state index in [4.69, 9.17) is 10.5 Å². The number of allylic oxidation sites excluding steroid dienone is 4. The van der Waals surface area contributed by atoms with Gasteiger partial charge in [-0.3, -0.25) is 9.59 Å². The molecule has 0 bridgehead atoms. The van der Waals surface area contributed by atoms with E-state index in [1.165, 1.54) is 32.1 Å². The SMILES string of the molecule is CCCCC/C=C\CC1CC1/C=C/[C@@H](O)C/C=C\CCCC(=O)NCC1OC(O)C(C(N)=O)C(O)C1O. The number of nitrogens with two attached hydrogens (primary N) is 1. The zero-order valence-electron chi connectivity index (χ0n) is 22.0. The second-order valence-electron chi connectivity index (χ2n) is 10.2. The summed E-state index contributed by atoms with van der Waals surface area (Å²) < 4.78 is 5.14. The van der Waals surface area contributed by atoms with Crippen LogP contribution in [0.1, 0.15) is 71.1 Å². The third-order valence-electron chi connectivity index (χ3n) is 7.01. The average Bonchev–Trinajstić information content (AvgIpc) is 3.61. The van der Waals surface area contributed by atoms with Crippen molar-refractivity contribution in [3.05, 3.63) is 36.5 Å². The van der Waals surface area contributed by atoms with Gasteiger partial charge < -0.3 is 36.2 Å². The number of ether oxygens (including phenoxy) is 1. The summed E-state index contributed by atoms with van der Waals surface area (Å²) in [4.78, 5) is 23.3. The Labute approximate surface area is 220 Å². The van der Waals surface area contributed by atoms with Crippen LogP contribution >= 0.6 is 0 Å². The standard InChI is InChI=1S/C28H46N2O7/c1-2-3-4-5-6-9-12-19-17-20(19)15-16-21(31)13-10-7-8-11-14-23(32)30-18-22-25(33)26(34)24(27(29)35)28(36)37-22/h6-7,9-10,15-16,19-22,24-26,28,31,33-34,36H,2-5,8,11-14,17-18H2,1H3,(H2,29,35)(H,30,32)/b9-6-,10-7-,16-15+/t19?,20?,21-,22?,24?,25?,26?,28?/m0/s1. The Morgan fingerprint density at radius 2 is 1.78 bits per heavy atom. The van der Waals surface area contributed by atoms with Gasteiger partial charge in [0.25, 0.3) is 0 Å². The van der Waals surface area contributed by atoms with Crippen LogP contribution in [0.25, 0.3) is 0 Å². The summed E-state index contributed by atoms with van der Waals surface area (Å²) in [6.45, 7) is 2.10. The van der Waals surface area contributed by atoms with Gasteiger partial charge >= 0.3 is 0 Å². The Kier molecular flexibility index (Phi) is 14.1. The Hall–Kier alpha value is -2.04. The van der Waals surface area contributed by atoms with E-state index in [-0.39, 0.29) is 18.9 Å². The number of rotatable bonds is 17. The largest absolute Gasteiger partial charge is 0.389 e. The third-order valence-corrected chi connectivity index (χ3v) is 7.01. The predicted octanol–water partition coefficient (Wildman–Crippen LogP) is 1.84. The van der Waals surface area contributed by atoms with Crippen LogP contribution in [-0.4, -0.2) is 69.5 Å². The molecule has 0 spiro atoms. The fraction of sp³-hybridized carbons (Fsp3) is 0.714. The molecular formula is C28H46N2O7. The van der Waals surface area contributed by atoms with E-state index in [9.17, 15) is 30.0 Å². The summed E-state index contributed by atoms with van der Waals surface area (Å²) in [5.74, 6) is -1.38. The molecule has 2 fully saturated rings. The molecule has 9 nitrogen and oxygen atoms in total. The zero-order valence-corrected chi connectivity index (χ0v) is 22.0. The lowest BCUT2D eigenvalue weighted by molar-refractivity contribution is -0.256. The highest BCUT2D eigenvalue weighted by atomic mass is 16.6. The van der Waals surface area contributed by atoms with Crippen molar-refractivity contribution in [3.8, 4) is 0 Å². The normalized spacial score (nSPS) is 30.8. The molecule has 1 heterocycles. The van der Waals surface area contributed by atoms with E-state index in [1.807, 2.05) is 18.2 Å². The van der Waals surface area contributed by atoms with Crippen molar-refractivity contribution in [2.45, 2.75) is 102 Å². The van der Waals surface area contributed by atoms with Gasteiger partial charge in [0.2, 0.25) is 11.8 Å². The summed E-state index contributed by atoms with van der Waals surface area (Å²) in [5, 5.41) is 42.6. The first-order valence-corrected chi connectivity index (χ1v) is 13.7. The van der Waals surface area contributed by atoms with Crippen molar-refractivity contribution in [1.29, 1.82) is 0 Å². The maximum Gasteiger partial charge on any atom is 0.228 e. The first-order chi connectivity index (χ1) is 17.7. The predicted molar refractivity (Wildman–Crippen MR) is 141 cm³/mol. The number of primary amides is 1. The van der Waals surface area contributed by atoms with Crippen molar-refractivity contribution in [2.24, 2.45) is 23.5 Å². The molecule has 2 amide bonds. The quantitative estimate of drug-likeness (QED) is 0.125. The lowest BCUT2D eigenvalue weighted by atomic mass is 9.90. The van der Waals surface area contributed by atoms with Crippen LogP contribution in [0.3, 0.4) is 0 Å². The summed E-state index contributed by atoms with van der Waals surface area (Å²) in [6.07, 6.45) is 15.6. The number of carbonyl (C=O) groups is 2. The van der Waals surface area contributed by atoms with Gasteiger partial charge in [0.05, 0.1) is 12.2 Å². The molecule has 0 aromatic rings. The smallest absolute Gasteiger partial charge is 0.228 e. The van der Waals surface area contributed by atoms with Crippen molar-refractivity contribution < 1.29 is 34.8 Å². The van der Waals surface area contributed by atoms with Crippen molar-refractivity contribution in [2.75, 3.05) is 6.54 Å². The fourth-order valence-electron chi connectivity index (χ4n) is 4.49. The number of hydrogen-bond donors (Lipinski definition) is 6. The fourth-order valence-corrected chi connectivity index (χ4v) is 4.49. The molecule has 8 atom stereocenters. The molecule has 0 aromatic carbocycles. The summed E-state index contributed by atoms with van der Waals surface area (Å²) >= 11 is 0. The minimum absolute atomic E-state index is 0.120. The van der Waals surface area contributed by atoms with Crippen molar-refractivity contribution in [3.63, 3.8) is 0 Å². The van der Waals surface area contributed by atoms with Gasteiger partial charge in [0.1, 0.15) is 18.1 Å². The molecule has 9 heteroatoms. The van der Waals surface area contributed by atoms with Crippen molar-refractivity contribution in [1.82, 2.24) is 5.32 Å². The number of hydrogen-bond acceptors (Lipinski definition) is 7. The second kappa shape index (κ2) is 16.7. The zero-order chi connectivity index (χ0) is 27.2. The van der Waals surface area contributed by atoms with Gasteiger partial charge in [-0.2, -0.15) is 0 Å². The van der Waals surface area contributed by atoms with Crippen molar-refractivity contribution >= 4 is 11.8 Å². The molecule has 1 aliphatic carbocycles. The van der Waals surface area contributed by atoms with Gasteiger partial charge in [-0.05, 0) is 56.8 Å². The molecule has 0 aromatic heterocycles. The van der Waals surface area contributed by atoms with E-state index >= 15 is 0 Å². The summed E-state index contributed by atoms with van der Waals surface area (Å²) in [7, 11) is 0. The lowest BCUT2D eigenvalue weighted by Crippen LogP contribution is -2.60. The highest BCUT2D eigenvalue weighted by molar-refractivity contribution is 5.78. The van der Waals surface area contributed by atoms with Crippen LogP contribution in [0.15, 0.2) is 36.5 Å². The molecule has 1 saturated heterocycles. The minimum Gasteiger partial charge on any atom is -0.389 e. The molecule has 2 rings (SSSR count). The van der Waals surface area contributed by atoms with Crippen LogP contribution in [0.5, 0.6) is 0 Å². The first kappa shape index (κ1) is 31.2. The molecule has 0 radical (unpaired) electrons. The Balaban J connectivity index is 1.52. The highest BCUT2D eigenvalue weighted by Gasteiger charge is 2.46. The molecule has 7 N–H and O–H groups in total. The molecule has 1 saturated carbocycles. The lowest BCUT2D eigenvalue weighted by Gasteiger charge is -2.39. The van der Waals surface area contributed by atoms with E-state index in [0.29, 0.717) is 31.1 Å². The highest BCUT2D eigenvalue weighted by Crippen LogP contribution is 2.42. The van der Waals surface area contributed by atoms with Crippen LogP contribution in [0.2, 0.25) is 0 Å². The van der Waals surface area contributed by atoms with E-state index < -0.39 is 42.5 Å². The van der Waals surface area contributed by atoms with Gasteiger partial charge in [-0.25, -0.2) is 0 Å². The third kappa shape index (κ3) is 11.5. The topological polar surface area (TPSA) is 162 Å². The minimum atomic E-state index is -1.65. The molecule has 210 valence electrons.